The lowest BCUT2D eigenvalue weighted by molar-refractivity contribution is -0.660. The minimum absolute atomic E-state index is 0.534. The molecule has 2 aromatic heterocycles. The topological polar surface area (TPSA) is 40.8 Å². The van der Waals surface area contributed by atoms with E-state index >= 15 is 0 Å². The Hall–Kier alpha value is -3.12. The van der Waals surface area contributed by atoms with Gasteiger partial charge in [-0.2, -0.15) is 5.26 Å². The van der Waals surface area contributed by atoms with E-state index in [0.29, 0.717) is 11.5 Å². The molecule has 0 unspecified atom stereocenters. The van der Waals surface area contributed by atoms with E-state index in [4.69, 9.17) is 4.42 Å². The Morgan fingerprint density at radius 2 is 1.90 bits per heavy atom. The molecule has 0 amide bonds. The van der Waals surface area contributed by atoms with Gasteiger partial charge in [-0.1, -0.05) is 25.3 Å². The van der Waals surface area contributed by atoms with E-state index in [2.05, 4.69) is 61.1 Å². The average molecular weight is 381 g/mol. The molecule has 2 aromatic carbocycles. The van der Waals surface area contributed by atoms with Crippen LogP contribution in [0, 0.1) is 18.3 Å². The first-order valence-electron chi connectivity index (χ1n) is 10.5. The maximum absolute atomic E-state index is 9.76. The highest BCUT2D eigenvalue weighted by atomic mass is 16.3. The molecule has 1 aliphatic carbocycles. The van der Waals surface area contributed by atoms with E-state index < -0.39 is 0 Å². The van der Waals surface area contributed by atoms with Crippen molar-refractivity contribution in [1.82, 2.24) is 0 Å². The molecular formula is C26H25N2O+. The number of nitrogens with zero attached hydrogens (tertiary/aromatic N) is 2. The van der Waals surface area contributed by atoms with Crippen molar-refractivity contribution in [2.24, 2.45) is 7.05 Å². The molecule has 5 rings (SSSR count). The van der Waals surface area contributed by atoms with Crippen molar-refractivity contribution < 1.29 is 8.98 Å². The molecule has 29 heavy (non-hydrogen) atoms. The van der Waals surface area contributed by atoms with Crippen LogP contribution in [-0.2, 0) is 7.05 Å². The van der Waals surface area contributed by atoms with Crippen LogP contribution in [0.2, 0.25) is 0 Å². The fourth-order valence-corrected chi connectivity index (χ4v) is 4.96. The number of benzene rings is 2. The number of hydrogen-bond donors (Lipinski definition) is 0. The summed E-state index contributed by atoms with van der Waals surface area (Å²) in [5.41, 5.74) is 7.27. The summed E-state index contributed by atoms with van der Waals surface area (Å²) in [5.74, 6) is 0.534. The number of rotatable bonds is 2. The summed E-state index contributed by atoms with van der Waals surface area (Å²) in [6, 6.07) is 17.1. The third-order valence-corrected chi connectivity index (χ3v) is 6.49. The van der Waals surface area contributed by atoms with Crippen LogP contribution < -0.4 is 4.57 Å². The molecule has 1 fully saturated rings. The van der Waals surface area contributed by atoms with Crippen LogP contribution in [-0.4, -0.2) is 0 Å². The first-order valence-corrected chi connectivity index (χ1v) is 10.5. The first-order chi connectivity index (χ1) is 14.2. The Morgan fingerprint density at radius 3 is 2.66 bits per heavy atom. The van der Waals surface area contributed by atoms with Crippen molar-refractivity contribution >= 4 is 21.9 Å². The molecule has 0 spiro atoms. The van der Waals surface area contributed by atoms with Crippen LogP contribution >= 0.6 is 0 Å². The first kappa shape index (κ1) is 17.9. The van der Waals surface area contributed by atoms with Crippen molar-refractivity contribution in [1.29, 1.82) is 5.26 Å². The zero-order chi connectivity index (χ0) is 20.0. The summed E-state index contributed by atoms with van der Waals surface area (Å²) >= 11 is 0. The fraction of sp³-hybridized carbons (Fsp3) is 0.308. The van der Waals surface area contributed by atoms with E-state index in [0.717, 1.165) is 33.2 Å². The largest absolute Gasteiger partial charge is 0.456 e. The lowest BCUT2D eigenvalue weighted by atomic mass is 9.83. The molecule has 3 heteroatoms. The van der Waals surface area contributed by atoms with Gasteiger partial charge in [0.25, 0.3) is 0 Å². The van der Waals surface area contributed by atoms with Gasteiger partial charge in [0.1, 0.15) is 18.2 Å². The number of fused-ring (bicyclic) bond motifs is 3. The molecule has 0 saturated heterocycles. The van der Waals surface area contributed by atoms with Gasteiger partial charge in [-0.05, 0) is 61.1 Å². The summed E-state index contributed by atoms with van der Waals surface area (Å²) in [7, 11) is 2.06. The Labute approximate surface area is 171 Å². The Morgan fingerprint density at radius 1 is 1.07 bits per heavy atom. The minimum Gasteiger partial charge on any atom is -0.456 e. The zero-order valence-corrected chi connectivity index (χ0v) is 17.0. The van der Waals surface area contributed by atoms with Crippen molar-refractivity contribution in [3.05, 3.63) is 65.4 Å². The highest BCUT2D eigenvalue weighted by Crippen LogP contribution is 2.42. The summed E-state index contributed by atoms with van der Waals surface area (Å²) in [6.07, 6.45) is 8.37. The van der Waals surface area contributed by atoms with Crippen LogP contribution in [0.1, 0.15) is 54.7 Å². The third-order valence-electron chi connectivity index (χ3n) is 6.49. The molecular weight excluding hydrogens is 356 g/mol. The summed E-state index contributed by atoms with van der Waals surface area (Å²) in [5, 5.41) is 11.8. The SMILES string of the molecule is Cc1cc2c(cc1-c1cccc[n+]1C)oc1c(C3CCCCC3)ccc(C#N)c12. The number of pyridine rings is 1. The number of aryl methyl sites for hydroxylation is 2. The molecule has 3 nitrogen and oxygen atoms in total. The average Bonchev–Trinajstić information content (AvgIpc) is 3.12. The van der Waals surface area contributed by atoms with Gasteiger partial charge >= 0.3 is 0 Å². The molecule has 2 heterocycles. The van der Waals surface area contributed by atoms with Gasteiger partial charge in [-0.3, -0.25) is 0 Å². The van der Waals surface area contributed by atoms with E-state index in [1.165, 1.54) is 43.2 Å². The van der Waals surface area contributed by atoms with E-state index in [1.807, 2.05) is 12.1 Å². The smallest absolute Gasteiger partial charge is 0.212 e. The molecule has 0 atom stereocenters. The number of hydrogen-bond acceptors (Lipinski definition) is 2. The second-order valence-corrected chi connectivity index (χ2v) is 8.32. The monoisotopic (exact) mass is 381 g/mol. The van der Waals surface area contributed by atoms with E-state index in [9.17, 15) is 5.26 Å². The van der Waals surface area contributed by atoms with Crippen molar-refractivity contribution in [2.75, 3.05) is 0 Å². The zero-order valence-electron chi connectivity index (χ0n) is 17.0. The van der Waals surface area contributed by atoms with Gasteiger partial charge in [0.15, 0.2) is 6.20 Å². The van der Waals surface area contributed by atoms with E-state index in [-0.39, 0.29) is 0 Å². The van der Waals surface area contributed by atoms with Gasteiger partial charge in [-0.25, -0.2) is 4.57 Å². The molecule has 0 radical (unpaired) electrons. The van der Waals surface area contributed by atoms with Crippen molar-refractivity contribution in [2.45, 2.75) is 44.9 Å². The Bertz CT molecular complexity index is 1270. The third kappa shape index (κ3) is 2.91. The standard InChI is InChI=1S/C26H25N2O/c1-17-14-22-24(15-21(17)23-10-6-7-13-28(23)2)29-26-20(18-8-4-3-5-9-18)12-11-19(16-27)25(22)26/h6-7,10-15,18H,3-5,8-9H2,1-2H3/q+1. The second-order valence-electron chi connectivity index (χ2n) is 8.32. The maximum Gasteiger partial charge on any atom is 0.212 e. The molecule has 1 aliphatic rings. The molecule has 4 aromatic rings. The number of nitriles is 1. The number of aromatic nitrogens is 1. The predicted octanol–water partition coefficient (Wildman–Crippen LogP) is 6.31. The van der Waals surface area contributed by atoms with Gasteiger partial charge in [0.05, 0.1) is 17.2 Å². The van der Waals surface area contributed by atoms with Crippen LogP contribution in [0.15, 0.2) is 53.1 Å². The van der Waals surface area contributed by atoms with Crippen molar-refractivity contribution in [3.8, 4) is 17.3 Å². The molecule has 0 aliphatic heterocycles. The highest BCUT2D eigenvalue weighted by molar-refractivity contribution is 6.10. The minimum atomic E-state index is 0.534. The lowest BCUT2D eigenvalue weighted by Gasteiger charge is -2.22. The maximum atomic E-state index is 9.76. The van der Waals surface area contributed by atoms with Gasteiger partial charge in [0.2, 0.25) is 5.69 Å². The quantitative estimate of drug-likeness (QED) is 0.382. The molecule has 0 N–H and O–H groups in total. The normalized spacial score (nSPS) is 15.1. The molecule has 1 saturated carbocycles. The summed E-state index contributed by atoms with van der Waals surface area (Å²) in [6.45, 7) is 2.14. The van der Waals surface area contributed by atoms with Crippen LogP contribution in [0.4, 0.5) is 0 Å². The van der Waals surface area contributed by atoms with Gasteiger partial charge in [0, 0.05) is 22.9 Å². The van der Waals surface area contributed by atoms with Gasteiger partial charge < -0.3 is 4.42 Å². The molecule has 144 valence electrons. The summed E-state index contributed by atoms with van der Waals surface area (Å²) in [4.78, 5) is 0. The van der Waals surface area contributed by atoms with Crippen LogP contribution in [0.25, 0.3) is 33.2 Å². The van der Waals surface area contributed by atoms with Crippen molar-refractivity contribution in [3.63, 3.8) is 0 Å². The summed E-state index contributed by atoms with van der Waals surface area (Å²) < 4.78 is 8.61. The Balaban J connectivity index is 1.78. The molecule has 0 bridgehead atoms. The van der Waals surface area contributed by atoms with Crippen LogP contribution in [0.5, 0.6) is 0 Å². The van der Waals surface area contributed by atoms with Gasteiger partial charge in [-0.15, -0.1) is 0 Å². The predicted molar refractivity (Wildman–Crippen MR) is 116 cm³/mol. The lowest BCUT2D eigenvalue weighted by Crippen LogP contribution is -2.30. The second kappa shape index (κ2) is 7.04. The van der Waals surface area contributed by atoms with Crippen LogP contribution in [0.3, 0.4) is 0 Å². The fourth-order valence-electron chi connectivity index (χ4n) is 4.96. The Kier molecular flexibility index (Phi) is 4.36. The van der Waals surface area contributed by atoms with E-state index in [1.54, 1.807) is 0 Å². The number of furan rings is 1. The highest BCUT2D eigenvalue weighted by Gasteiger charge is 2.23.